The van der Waals surface area contributed by atoms with Crippen molar-refractivity contribution < 1.29 is 14.6 Å². The molecule has 0 spiro atoms. The average molecular weight is 276 g/mol. The van der Waals surface area contributed by atoms with E-state index in [1.54, 1.807) is 0 Å². The molecular weight excluding hydrogens is 252 g/mol. The zero-order valence-electron chi connectivity index (χ0n) is 12.8. The van der Waals surface area contributed by atoms with E-state index in [4.69, 9.17) is 9.47 Å². The zero-order valence-corrected chi connectivity index (χ0v) is 12.8. The first-order valence-corrected chi connectivity index (χ1v) is 7.32. The molecule has 2 unspecified atom stereocenters. The van der Waals surface area contributed by atoms with Crippen molar-refractivity contribution in [1.29, 1.82) is 0 Å². The van der Waals surface area contributed by atoms with Crippen molar-refractivity contribution in [3.8, 4) is 0 Å². The van der Waals surface area contributed by atoms with Gasteiger partial charge >= 0.3 is 0 Å². The van der Waals surface area contributed by atoms with Crippen molar-refractivity contribution in [2.45, 2.75) is 46.5 Å². The topological polar surface area (TPSA) is 38.7 Å². The number of aliphatic hydroxyl groups is 1. The number of rotatable bonds is 3. The SMILES string of the molecule is CC1(C)COC1c1ccc(CO)c(C2OCC2(C)C)c1. The highest BCUT2D eigenvalue weighted by molar-refractivity contribution is 5.37. The van der Waals surface area contributed by atoms with Gasteiger partial charge in [-0.3, -0.25) is 0 Å². The highest BCUT2D eigenvalue weighted by Crippen LogP contribution is 2.50. The van der Waals surface area contributed by atoms with Crippen molar-refractivity contribution in [3.63, 3.8) is 0 Å². The standard InChI is InChI=1S/C17H24O3/c1-16(2)9-19-14(16)11-5-6-12(8-18)13(7-11)15-17(3,4)10-20-15/h5-7,14-15,18H,8-10H2,1-4H3. The van der Waals surface area contributed by atoms with Crippen LogP contribution in [0.5, 0.6) is 0 Å². The van der Waals surface area contributed by atoms with Gasteiger partial charge in [-0.05, 0) is 16.7 Å². The molecule has 0 aliphatic carbocycles. The van der Waals surface area contributed by atoms with E-state index in [2.05, 4.69) is 39.8 Å². The fourth-order valence-electron chi connectivity index (χ4n) is 3.22. The Morgan fingerprint density at radius 2 is 1.65 bits per heavy atom. The summed E-state index contributed by atoms with van der Waals surface area (Å²) in [6.07, 6.45) is 0.227. The molecule has 1 aromatic carbocycles. The Balaban J connectivity index is 1.96. The molecule has 3 heteroatoms. The second-order valence-corrected chi connectivity index (χ2v) is 7.48. The van der Waals surface area contributed by atoms with E-state index < -0.39 is 0 Å². The average Bonchev–Trinajstić information content (AvgIpc) is 2.37. The maximum atomic E-state index is 9.57. The van der Waals surface area contributed by atoms with E-state index in [0.717, 1.165) is 24.3 Å². The van der Waals surface area contributed by atoms with E-state index in [1.807, 2.05) is 6.07 Å². The number of hydrogen-bond donors (Lipinski definition) is 1. The van der Waals surface area contributed by atoms with Gasteiger partial charge in [0.15, 0.2) is 0 Å². The molecule has 0 aromatic heterocycles. The second kappa shape index (κ2) is 4.55. The Morgan fingerprint density at radius 3 is 2.05 bits per heavy atom. The van der Waals surface area contributed by atoms with Crippen LogP contribution in [-0.2, 0) is 16.1 Å². The van der Waals surface area contributed by atoms with Gasteiger partial charge in [0.2, 0.25) is 0 Å². The second-order valence-electron chi connectivity index (χ2n) is 7.48. The van der Waals surface area contributed by atoms with Crippen LogP contribution in [0, 0.1) is 10.8 Å². The van der Waals surface area contributed by atoms with E-state index in [0.29, 0.717) is 0 Å². The minimum atomic E-state index is 0.0560. The molecule has 2 aliphatic rings. The highest BCUT2D eigenvalue weighted by Gasteiger charge is 2.44. The largest absolute Gasteiger partial charge is 0.392 e. The lowest BCUT2D eigenvalue weighted by Crippen LogP contribution is -2.42. The zero-order chi connectivity index (χ0) is 14.5. The van der Waals surface area contributed by atoms with Gasteiger partial charge in [0.25, 0.3) is 0 Å². The molecule has 2 fully saturated rings. The first kappa shape index (κ1) is 14.1. The fraction of sp³-hybridized carbons (Fsp3) is 0.647. The third kappa shape index (κ3) is 2.09. The van der Waals surface area contributed by atoms with Crippen molar-refractivity contribution >= 4 is 0 Å². The molecule has 20 heavy (non-hydrogen) atoms. The molecule has 1 aromatic rings. The van der Waals surface area contributed by atoms with Crippen LogP contribution in [-0.4, -0.2) is 18.3 Å². The van der Waals surface area contributed by atoms with E-state index in [9.17, 15) is 5.11 Å². The quantitative estimate of drug-likeness (QED) is 0.920. The molecule has 3 nitrogen and oxygen atoms in total. The van der Waals surface area contributed by atoms with Gasteiger partial charge in [-0.1, -0.05) is 45.9 Å². The molecule has 0 saturated carbocycles. The normalized spacial score (nSPS) is 30.4. The summed E-state index contributed by atoms with van der Waals surface area (Å²) >= 11 is 0. The summed E-state index contributed by atoms with van der Waals surface area (Å²) in [7, 11) is 0. The lowest BCUT2D eigenvalue weighted by atomic mass is 9.74. The summed E-state index contributed by atoms with van der Waals surface area (Å²) in [6, 6.07) is 6.26. The van der Waals surface area contributed by atoms with Crippen LogP contribution < -0.4 is 0 Å². The number of hydrogen-bond acceptors (Lipinski definition) is 3. The van der Waals surface area contributed by atoms with E-state index in [1.165, 1.54) is 5.56 Å². The molecule has 0 bridgehead atoms. The summed E-state index contributed by atoms with van der Waals surface area (Å²) < 4.78 is 11.5. The van der Waals surface area contributed by atoms with Crippen LogP contribution in [0.25, 0.3) is 0 Å². The Morgan fingerprint density at radius 1 is 1.05 bits per heavy atom. The van der Waals surface area contributed by atoms with Gasteiger partial charge in [-0.25, -0.2) is 0 Å². The minimum Gasteiger partial charge on any atom is -0.392 e. The van der Waals surface area contributed by atoms with Crippen LogP contribution in [0.1, 0.15) is 56.6 Å². The first-order valence-electron chi connectivity index (χ1n) is 7.32. The predicted octanol–water partition coefficient (Wildman–Crippen LogP) is 3.37. The summed E-state index contributed by atoms with van der Waals surface area (Å²) in [5, 5.41) is 9.57. The van der Waals surface area contributed by atoms with Gasteiger partial charge in [0.1, 0.15) is 0 Å². The lowest BCUT2D eigenvalue weighted by molar-refractivity contribution is -0.175. The Labute approximate surface area is 120 Å². The molecule has 3 rings (SSSR count). The minimum absolute atomic E-state index is 0.0560. The van der Waals surface area contributed by atoms with Crippen molar-refractivity contribution in [3.05, 3.63) is 34.9 Å². The Hall–Kier alpha value is -0.900. The lowest BCUT2D eigenvalue weighted by Gasteiger charge is -2.47. The van der Waals surface area contributed by atoms with Crippen LogP contribution in [0.3, 0.4) is 0 Å². The summed E-state index contributed by atoms with van der Waals surface area (Å²) in [5.74, 6) is 0. The number of aliphatic hydroxyl groups excluding tert-OH is 1. The monoisotopic (exact) mass is 276 g/mol. The van der Waals surface area contributed by atoms with Gasteiger partial charge < -0.3 is 14.6 Å². The van der Waals surface area contributed by atoms with Crippen LogP contribution >= 0.6 is 0 Å². The van der Waals surface area contributed by atoms with Crippen LogP contribution in [0.4, 0.5) is 0 Å². The van der Waals surface area contributed by atoms with Crippen LogP contribution in [0.15, 0.2) is 18.2 Å². The third-order valence-corrected chi connectivity index (χ3v) is 4.59. The third-order valence-electron chi connectivity index (χ3n) is 4.59. The van der Waals surface area contributed by atoms with E-state index in [-0.39, 0.29) is 29.6 Å². The first-order chi connectivity index (χ1) is 9.35. The Bertz CT molecular complexity index is 519. The fourth-order valence-corrected chi connectivity index (χ4v) is 3.22. The Kier molecular flexibility index (Phi) is 3.20. The van der Waals surface area contributed by atoms with Gasteiger partial charge in [0, 0.05) is 10.8 Å². The van der Waals surface area contributed by atoms with Gasteiger partial charge in [-0.2, -0.15) is 0 Å². The number of benzene rings is 1. The molecule has 2 aliphatic heterocycles. The molecule has 2 saturated heterocycles. The molecule has 1 N–H and O–H groups in total. The maximum absolute atomic E-state index is 9.57. The number of ether oxygens (including phenoxy) is 2. The molecule has 0 radical (unpaired) electrons. The highest BCUT2D eigenvalue weighted by atomic mass is 16.5. The predicted molar refractivity (Wildman–Crippen MR) is 77.3 cm³/mol. The molecule has 2 atom stereocenters. The molecule has 0 amide bonds. The van der Waals surface area contributed by atoms with Crippen molar-refractivity contribution in [2.75, 3.05) is 13.2 Å². The molecule has 2 heterocycles. The van der Waals surface area contributed by atoms with Crippen LogP contribution in [0.2, 0.25) is 0 Å². The van der Waals surface area contributed by atoms with Gasteiger partial charge in [-0.15, -0.1) is 0 Å². The molecule has 110 valence electrons. The molecular formula is C17H24O3. The maximum Gasteiger partial charge on any atom is 0.0901 e. The summed E-state index contributed by atoms with van der Waals surface area (Å²) in [4.78, 5) is 0. The summed E-state index contributed by atoms with van der Waals surface area (Å²) in [5.41, 5.74) is 3.60. The van der Waals surface area contributed by atoms with Crippen molar-refractivity contribution in [1.82, 2.24) is 0 Å². The smallest absolute Gasteiger partial charge is 0.0901 e. The van der Waals surface area contributed by atoms with Crippen molar-refractivity contribution in [2.24, 2.45) is 10.8 Å². The summed E-state index contributed by atoms with van der Waals surface area (Å²) in [6.45, 7) is 10.5. The van der Waals surface area contributed by atoms with Gasteiger partial charge in [0.05, 0.1) is 32.0 Å². The van der Waals surface area contributed by atoms with E-state index >= 15 is 0 Å².